The lowest BCUT2D eigenvalue weighted by atomic mass is 9.40. The summed E-state index contributed by atoms with van der Waals surface area (Å²) in [6.07, 6.45) is 13.8. The lowest BCUT2D eigenvalue weighted by Gasteiger charge is -2.68. The van der Waals surface area contributed by atoms with Gasteiger partial charge >= 0.3 is 0 Å². The Labute approximate surface area is 129 Å². The molecule has 3 aliphatic carbocycles. The molecular weight excluding hydrogens is 258 g/mol. The van der Waals surface area contributed by atoms with Gasteiger partial charge in [-0.15, -0.1) is 0 Å². The SMILES string of the molecule is COC1=CC2(C)C(CC1)C[C@H]1[C@H]3CCCC[C@]32CCN1C. The first-order valence-corrected chi connectivity index (χ1v) is 9.07. The van der Waals surface area contributed by atoms with E-state index < -0.39 is 0 Å². The van der Waals surface area contributed by atoms with Crippen molar-refractivity contribution in [3.63, 3.8) is 0 Å². The number of nitrogens with zero attached hydrogens (tertiary/aromatic N) is 1. The average Bonchev–Trinajstić information content (AvgIpc) is 2.51. The molecule has 21 heavy (non-hydrogen) atoms. The molecule has 5 atom stereocenters. The maximum atomic E-state index is 5.69. The third-order valence-corrected chi connectivity index (χ3v) is 7.95. The van der Waals surface area contributed by atoms with E-state index in [1.807, 2.05) is 7.11 Å². The van der Waals surface area contributed by atoms with Gasteiger partial charge in [-0.25, -0.2) is 0 Å². The summed E-state index contributed by atoms with van der Waals surface area (Å²) in [5, 5.41) is 0. The summed E-state index contributed by atoms with van der Waals surface area (Å²) in [7, 11) is 4.25. The summed E-state index contributed by atoms with van der Waals surface area (Å²) < 4.78 is 5.69. The molecule has 0 spiro atoms. The first kappa shape index (κ1) is 14.1. The van der Waals surface area contributed by atoms with Crippen LogP contribution >= 0.6 is 0 Å². The second-order valence-electron chi connectivity index (χ2n) is 8.38. The molecule has 0 radical (unpaired) electrons. The first-order chi connectivity index (χ1) is 10.1. The highest BCUT2D eigenvalue weighted by Gasteiger charge is 2.63. The number of likely N-dealkylation sites (tertiary alicyclic amines) is 1. The highest BCUT2D eigenvalue weighted by molar-refractivity contribution is 5.23. The molecule has 2 unspecified atom stereocenters. The molecule has 0 aromatic rings. The van der Waals surface area contributed by atoms with Crippen molar-refractivity contribution in [3.05, 3.63) is 11.8 Å². The van der Waals surface area contributed by atoms with Gasteiger partial charge in [0.1, 0.15) is 0 Å². The predicted octanol–water partition coefficient (Wildman–Crippen LogP) is 4.22. The Morgan fingerprint density at radius 2 is 2.10 bits per heavy atom. The van der Waals surface area contributed by atoms with Crippen LogP contribution in [0.3, 0.4) is 0 Å². The number of rotatable bonds is 1. The molecule has 1 heterocycles. The fourth-order valence-corrected chi connectivity index (χ4v) is 6.77. The van der Waals surface area contributed by atoms with Crippen molar-refractivity contribution >= 4 is 0 Å². The number of fused-ring (bicyclic) bond motifs is 1. The highest BCUT2D eigenvalue weighted by atomic mass is 16.5. The molecule has 4 rings (SSSR count). The van der Waals surface area contributed by atoms with Gasteiger partial charge in [-0.05, 0) is 74.4 Å². The molecule has 0 aromatic carbocycles. The van der Waals surface area contributed by atoms with Gasteiger partial charge in [-0.3, -0.25) is 0 Å². The Bertz CT molecular complexity index is 458. The van der Waals surface area contributed by atoms with Gasteiger partial charge in [-0.2, -0.15) is 0 Å². The smallest absolute Gasteiger partial charge is 0.0921 e. The van der Waals surface area contributed by atoms with Gasteiger partial charge < -0.3 is 9.64 Å². The molecule has 2 bridgehead atoms. The lowest BCUT2D eigenvalue weighted by Crippen LogP contribution is -2.66. The van der Waals surface area contributed by atoms with Crippen LogP contribution in [0, 0.1) is 22.7 Å². The van der Waals surface area contributed by atoms with Crippen LogP contribution in [-0.4, -0.2) is 31.6 Å². The predicted molar refractivity (Wildman–Crippen MR) is 86.0 cm³/mol. The number of ether oxygens (including phenoxy) is 1. The molecule has 0 amide bonds. The quantitative estimate of drug-likeness (QED) is 0.716. The van der Waals surface area contributed by atoms with Gasteiger partial charge in [0.25, 0.3) is 0 Å². The van der Waals surface area contributed by atoms with Crippen molar-refractivity contribution in [3.8, 4) is 0 Å². The van der Waals surface area contributed by atoms with Crippen molar-refractivity contribution in [1.82, 2.24) is 4.90 Å². The summed E-state index contributed by atoms with van der Waals surface area (Å²) in [6, 6.07) is 0.856. The second-order valence-corrected chi connectivity index (χ2v) is 8.38. The summed E-state index contributed by atoms with van der Waals surface area (Å²) >= 11 is 0. The normalized spacial score (nSPS) is 49.9. The molecule has 0 aromatic heterocycles. The van der Waals surface area contributed by atoms with E-state index in [2.05, 4.69) is 24.9 Å². The molecule has 1 aliphatic heterocycles. The molecule has 2 saturated carbocycles. The van der Waals surface area contributed by atoms with Crippen LogP contribution in [0.15, 0.2) is 11.8 Å². The van der Waals surface area contributed by atoms with Crippen molar-refractivity contribution in [1.29, 1.82) is 0 Å². The lowest BCUT2D eigenvalue weighted by molar-refractivity contribution is -0.170. The van der Waals surface area contributed by atoms with Crippen molar-refractivity contribution in [2.75, 3.05) is 20.7 Å². The number of hydrogen-bond acceptors (Lipinski definition) is 2. The molecular formula is C19H31NO. The molecule has 4 aliphatic rings. The van der Waals surface area contributed by atoms with Crippen LogP contribution in [0.5, 0.6) is 0 Å². The monoisotopic (exact) mass is 289 g/mol. The highest BCUT2D eigenvalue weighted by Crippen LogP contribution is 2.68. The zero-order valence-electron chi connectivity index (χ0n) is 14.0. The summed E-state index contributed by atoms with van der Waals surface area (Å²) in [6.45, 7) is 3.90. The summed E-state index contributed by atoms with van der Waals surface area (Å²) in [5.41, 5.74) is 0.953. The van der Waals surface area contributed by atoms with Crippen LogP contribution < -0.4 is 0 Å². The fourth-order valence-electron chi connectivity index (χ4n) is 6.77. The molecule has 118 valence electrons. The van der Waals surface area contributed by atoms with Crippen LogP contribution in [0.1, 0.15) is 58.3 Å². The molecule has 1 saturated heterocycles. The largest absolute Gasteiger partial charge is 0.501 e. The minimum absolute atomic E-state index is 0.388. The summed E-state index contributed by atoms with van der Waals surface area (Å²) in [4.78, 5) is 2.70. The van der Waals surface area contributed by atoms with E-state index in [4.69, 9.17) is 4.74 Å². The molecule has 3 fully saturated rings. The Morgan fingerprint density at radius 1 is 1.24 bits per heavy atom. The van der Waals surface area contributed by atoms with Crippen LogP contribution in [0.2, 0.25) is 0 Å². The number of methoxy groups -OCH3 is 1. The molecule has 2 nitrogen and oxygen atoms in total. The van der Waals surface area contributed by atoms with Crippen molar-refractivity contribution in [2.45, 2.75) is 64.3 Å². The Balaban J connectivity index is 1.82. The minimum atomic E-state index is 0.388. The van der Waals surface area contributed by atoms with Gasteiger partial charge in [0.2, 0.25) is 0 Å². The van der Waals surface area contributed by atoms with E-state index in [1.165, 1.54) is 57.2 Å². The number of allylic oxidation sites excluding steroid dienone is 2. The van der Waals surface area contributed by atoms with E-state index in [0.29, 0.717) is 10.8 Å². The molecule has 2 heteroatoms. The van der Waals surface area contributed by atoms with E-state index >= 15 is 0 Å². The van der Waals surface area contributed by atoms with Crippen LogP contribution in [-0.2, 0) is 4.74 Å². The maximum absolute atomic E-state index is 5.69. The van der Waals surface area contributed by atoms with E-state index in [1.54, 1.807) is 0 Å². The standard InChI is InChI=1S/C19H31NO/c1-18-13-15(21-3)8-7-14(18)12-17-16-6-4-5-9-19(16,18)10-11-20(17)2/h13-14,16-17H,4-12H2,1-3H3/t14?,16-,17+,18?,19+/m1/s1. The number of piperidine rings is 1. The van der Waals surface area contributed by atoms with Gasteiger partial charge in [0.05, 0.1) is 12.9 Å². The van der Waals surface area contributed by atoms with E-state index in [-0.39, 0.29) is 0 Å². The van der Waals surface area contributed by atoms with Crippen LogP contribution in [0.25, 0.3) is 0 Å². The average molecular weight is 289 g/mol. The van der Waals surface area contributed by atoms with Gasteiger partial charge in [0.15, 0.2) is 0 Å². The number of hydrogen-bond donors (Lipinski definition) is 0. The van der Waals surface area contributed by atoms with Gasteiger partial charge in [-0.1, -0.05) is 19.8 Å². The Morgan fingerprint density at radius 3 is 2.90 bits per heavy atom. The Hall–Kier alpha value is -0.500. The van der Waals surface area contributed by atoms with E-state index in [0.717, 1.165) is 24.3 Å². The summed E-state index contributed by atoms with van der Waals surface area (Å²) in [5.74, 6) is 3.07. The third-order valence-electron chi connectivity index (χ3n) is 7.95. The van der Waals surface area contributed by atoms with Gasteiger partial charge in [0, 0.05) is 12.5 Å². The third kappa shape index (κ3) is 1.75. The van der Waals surface area contributed by atoms with E-state index in [9.17, 15) is 0 Å². The first-order valence-electron chi connectivity index (χ1n) is 9.07. The second kappa shape index (κ2) is 4.75. The zero-order chi connectivity index (χ0) is 14.7. The maximum Gasteiger partial charge on any atom is 0.0921 e. The fraction of sp³-hybridized carbons (Fsp3) is 0.895. The topological polar surface area (TPSA) is 12.5 Å². The zero-order valence-corrected chi connectivity index (χ0v) is 14.0. The van der Waals surface area contributed by atoms with Crippen molar-refractivity contribution in [2.24, 2.45) is 22.7 Å². The van der Waals surface area contributed by atoms with Crippen LogP contribution in [0.4, 0.5) is 0 Å². The Kier molecular flexibility index (Phi) is 3.19. The molecule has 0 N–H and O–H groups in total. The van der Waals surface area contributed by atoms with Crippen molar-refractivity contribution < 1.29 is 4.74 Å². The minimum Gasteiger partial charge on any atom is -0.501 e.